The van der Waals surface area contributed by atoms with Gasteiger partial charge in [-0.05, 0) is 24.3 Å². The summed E-state index contributed by atoms with van der Waals surface area (Å²) in [5, 5.41) is 2.69. The summed E-state index contributed by atoms with van der Waals surface area (Å²) in [5.74, 6) is -0.402. The van der Waals surface area contributed by atoms with E-state index in [1.807, 2.05) is 0 Å². The molecule has 0 fully saturated rings. The Hall–Kier alpha value is -2.01. The Kier molecular flexibility index (Phi) is 4.41. The Morgan fingerprint density at radius 1 is 1.16 bits per heavy atom. The highest BCUT2D eigenvalue weighted by Crippen LogP contribution is 2.22. The number of carbonyl (C=O) groups excluding carboxylic acids is 1. The van der Waals surface area contributed by atoms with E-state index < -0.39 is 0 Å². The molecule has 19 heavy (non-hydrogen) atoms. The molecule has 0 aromatic heterocycles. The van der Waals surface area contributed by atoms with Gasteiger partial charge in [0.05, 0.1) is 17.1 Å². The van der Waals surface area contributed by atoms with Crippen LogP contribution < -0.4 is 11.1 Å². The Bertz CT molecular complexity index is 589. The molecule has 0 bridgehead atoms. The number of amides is 1. The Labute approximate surface area is 115 Å². The molecule has 2 aromatic carbocycles. The van der Waals surface area contributed by atoms with Crippen LogP contribution in [-0.2, 0) is 4.79 Å². The lowest BCUT2D eigenvalue weighted by Crippen LogP contribution is -2.15. The molecule has 5 heteroatoms. The lowest BCUT2D eigenvalue weighted by molar-refractivity contribution is -0.113. The molecule has 2 aromatic rings. The van der Waals surface area contributed by atoms with Crippen LogP contribution in [0.15, 0.2) is 53.4 Å². The number of halogens is 1. The van der Waals surface area contributed by atoms with Gasteiger partial charge in [-0.1, -0.05) is 24.3 Å². The van der Waals surface area contributed by atoms with E-state index in [9.17, 15) is 9.18 Å². The number of anilines is 2. The van der Waals surface area contributed by atoms with Gasteiger partial charge in [0.15, 0.2) is 0 Å². The fraction of sp³-hybridized carbons (Fsp3) is 0.0714. The normalized spacial score (nSPS) is 10.2. The van der Waals surface area contributed by atoms with Gasteiger partial charge < -0.3 is 11.1 Å². The van der Waals surface area contributed by atoms with Crippen molar-refractivity contribution in [1.82, 2.24) is 0 Å². The molecule has 3 N–H and O–H groups in total. The van der Waals surface area contributed by atoms with Crippen molar-refractivity contribution >= 4 is 29.0 Å². The zero-order valence-corrected chi connectivity index (χ0v) is 10.9. The van der Waals surface area contributed by atoms with E-state index in [4.69, 9.17) is 5.73 Å². The smallest absolute Gasteiger partial charge is 0.234 e. The average molecular weight is 276 g/mol. The molecule has 98 valence electrons. The number of nitrogen functional groups attached to an aromatic ring is 1. The number of carbonyl (C=O) groups is 1. The first-order valence-corrected chi connectivity index (χ1v) is 6.67. The number of nitrogens with one attached hydrogen (secondary N) is 1. The second kappa shape index (κ2) is 6.24. The second-order valence-corrected chi connectivity index (χ2v) is 4.87. The first kappa shape index (κ1) is 13.4. The fourth-order valence-corrected chi connectivity index (χ4v) is 2.24. The minimum atomic E-state index is -0.320. The topological polar surface area (TPSA) is 55.1 Å². The van der Waals surface area contributed by atoms with Gasteiger partial charge in [-0.15, -0.1) is 11.8 Å². The molecule has 0 unspecified atom stereocenters. The predicted molar refractivity (Wildman–Crippen MR) is 76.6 cm³/mol. The van der Waals surface area contributed by atoms with Gasteiger partial charge in [0, 0.05) is 4.90 Å². The van der Waals surface area contributed by atoms with Gasteiger partial charge >= 0.3 is 0 Å². The standard InChI is InChI=1S/C14H13FN2OS/c15-10-5-1-4-8-13(10)19-9-14(18)17-12-7-3-2-6-11(12)16/h1-8H,9,16H2,(H,17,18). The SMILES string of the molecule is Nc1ccccc1NC(=O)CSc1ccccc1F. The third-order valence-corrected chi connectivity index (χ3v) is 3.48. The highest BCUT2D eigenvalue weighted by molar-refractivity contribution is 8.00. The van der Waals surface area contributed by atoms with Crippen LogP contribution in [0.25, 0.3) is 0 Å². The molecule has 0 spiro atoms. The van der Waals surface area contributed by atoms with E-state index in [-0.39, 0.29) is 17.5 Å². The van der Waals surface area contributed by atoms with Gasteiger partial charge in [0.2, 0.25) is 5.91 Å². The summed E-state index contributed by atoms with van der Waals surface area (Å²) in [5.41, 5.74) is 6.80. The molecule has 0 aliphatic heterocycles. The average Bonchev–Trinajstić information content (AvgIpc) is 2.40. The maximum Gasteiger partial charge on any atom is 0.234 e. The van der Waals surface area contributed by atoms with Gasteiger partial charge in [-0.25, -0.2) is 4.39 Å². The molecule has 1 amide bonds. The molecular weight excluding hydrogens is 263 g/mol. The Morgan fingerprint density at radius 3 is 2.58 bits per heavy atom. The quantitative estimate of drug-likeness (QED) is 0.666. The fourth-order valence-electron chi connectivity index (χ4n) is 1.50. The van der Waals surface area contributed by atoms with Crippen molar-refractivity contribution in [1.29, 1.82) is 0 Å². The lowest BCUT2D eigenvalue weighted by Gasteiger charge is -2.07. The summed E-state index contributed by atoms with van der Waals surface area (Å²) in [6.07, 6.45) is 0. The van der Waals surface area contributed by atoms with Crippen molar-refractivity contribution in [3.8, 4) is 0 Å². The van der Waals surface area contributed by atoms with Crippen molar-refractivity contribution in [3.05, 3.63) is 54.3 Å². The number of para-hydroxylation sites is 2. The molecular formula is C14H13FN2OS. The summed E-state index contributed by atoms with van der Waals surface area (Å²) >= 11 is 1.15. The van der Waals surface area contributed by atoms with Crippen LogP contribution >= 0.6 is 11.8 Å². The van der Waals surface area contributed by atoms with Crippen LogP contribution in [-0.4, -0.2) is 11.7 Å². The molecule has 0 heterocycles. The zero-order chi connectivity index (χ0) is 13.7. The van der Waals surface area contributed by atoms with Crippen LogP contribution in [0.3, 0.4) is 0 Å². The van der Waals surface area contributed by atoms with Crippen molar-refractivity contribution in [3.63, 3.8) is 0 Å². The highest BCUT2D eigenvalue weighted by atomic mass is 32.2. The van der Waals surface area contributed by atoms with Crippen LogP contribution in [0.4, 0.5) is 15.8 Å². The Morgan fingerprint density at radius 2 is 1.84 bits per heavy atom. The van der Waals surface area contributed by atoms with E-state index in [1.54, 1.807) is 42.5 Å². The van der Waals surface area contributed by atoms with Gasteiger partial charge in [-0.2, -0.15) is 0 Å². The van der Waals surface area contributed by atoms with Crippen molar-refractivity contribution < 1.29 is 9.18 Å². The molecule has 0 atom stereocenters. The van der Waals surface area contributed by atoms with E-state index in [1.165, 1.54) is 6.07 Å². The molecule has 3 nitrogen and oxygen atoms in total. The number of hydrogen-bond donors (Lipinski definition) is 2. The first-order valence-electron chi connectivity index (χ1n) is 5.68. The molecule has 0 saturated heterocycles. The number of nitrogens with two attached hydrogens (primary N) is 1. The summed E-state index contributed by atoms with van der Waals surface area (Å²) < 4.78 is 13.4. The van der Waals surface area contributed by atoms with Crippen LogP contribution in [0.2, 0.25) is 0 Å². The molecule has 0 aliphatic rings. The van der Waals surface area contributed by atoms with E-state index in [0.29, 0.717) is 16.3 Å². The van der Waals surface area contributed by atoms with Crippen LogP contribution in [0.1, 0.15) is 0 Å². The summed E-state index contributed by atoms with van der Waals surface area (Å²) in [4.78, 5) is 12.2. The van der Waals surface area contributed by atoms with Crippen LogP contribution in [0.5, 0.6) is 0 Å². The first-order chi connectivity index (χ1) is 9.16. The lowest BCUT2D eigenvalue weighted by atomic mass is 10.3. The maximum atomic E-state index is 13.4. The zero-order valence-electron chi connectivity index (χ0n) is 10.1. The molecule has 0 radical (unpaired) electrons. The van der Waals surface area contributed by atoms with Crippen molar-refractivity contribution in [2.75, 3.05) is 16.8 Å². The number of benzene rings is 2. The molecule has 0 aliphatic carbocycles. The van der Waals surface area contributed by atoms with Crippen LogP contribution in [0, 0.1) is 5.82 Å². The third-order valence-electron chi connectivity index (χ3n) is 2.43. The summed E-state index contributed by atoms with van der Waals surface area (Å²) in [6.45, 7) is 0. The second-order valence-electron chi connectivity index (χ2n) is 3.85. The predicted octanol–water partition coefficient (Wildman–Crippen LogP) is 3.14. The summed E-state index contributed by atoms with van der Waals surface area (Å²) in [6, 6.07) is 13.4. The third kappa shape index (κ3) is 3.72. The molecule has 2 rings (SSSR count). The number of thioether (sulfide) groups is 1. The van der Waals surface area contributed by atoms with E-state index in [0.717, 1.165) is 11.8 Å². The maximum absolute atomic E-state index is 13.4. The Balaban J connectivity index is 1.92. The van der Waals surface area contributed by atoms with Gasteiger partial charge in [-0.3, -0.25) is 4.79 Å². The monoisotopic (exact) mass is 276 g/mol. The van der Waals surface area contributed by atoms with E-state index >= 15 is 0 Å². The largest absolute Gasteiger partial charge is 0.397 e. The number of rotatable bonds is 4. The molecule has 0 saturated carbocycles. The minimum Gasteiger partial charge on any atom is -0.397 e. The summed E-state index contributed by atoms with van der Waals surface area (Å²) in [7, 11) is 0. The van der Waals surface area contributed by atoms with Crippen molar-refractivity contribution in [2.24, 2.45) is 0 Å². The van der Waals surface area contributed by atoms with Gasteiger partial charge in [0.25, 0.3) is 0 Å². The number of hydrogen-bond acceptors (Lipinski definition) is 3. The van der Waals surface area contributed by atoms with Gasteiger partial charge in [0.1, 0.15) is 5.82 Å². The van der Waals surface area contributed by atoms with E-state index in [2.05, 4.69) is 5.32 Å². The highest BCUT2D eigenvalue weighted by Gasteiger charge is 2.07. The minimum absolute atomic E-state index is 0.134. The van der Waals surface area contributed by atoms with Crippen molar-refractivity contribution in [2.45, 2.75) is 4.90 Å².